The minimum absolute atomic E-state index is 0.0854. The van der Waals surface area contributed by atoms with Crippen molar-refractivity contribution in [2.24, 2.45) is 34.0 Å². The first-order valence-electron chi connectivity index (χ1n) is 11.6. The van der Waals surface area contributed by atoms with Crippen LogP contribution in [0.4, 0.5) is 0 Å². The predicted octanol–water partition coefficient (Wildman–Crippen LogP) is 4.67. The summed E-state index contributed by atoms with van der Waals surface area (Å²) in [4.78, 5) is 24.2. The van der Waals surface area contributed by atoms with Crippen LogP contribution in [-0.2, 0) is 19.1 Å². The Morgan fingerprint density at radius 3 is 2.43 bits per heavy atom. The third kappa shape index (κ3) is 3.72. The van der Waals surface area contributed by atoms with Crippen molar-refractivity contribution in [3.8, 4) is 0 Å². The van der Waals surface area contributed by atoms with Crippen LogP contribution in [-0.4, -0.2) is 36.4 Å². The summed E-state index contributed by atoms with van der Waals surface area (Å²) in [5, 5.41) is 10.0. The van der Waals surface area contributed by atoms with Crippen molar-refractivity contribution in [1.29, 1.82) is 0 Å². The van der Waals surface area contributed by atoms with Crippen molar-refractivity contribution in [1.82, 2.24) is 0 Å². The minimum Gasteiger partial charge on any atom is -0.463 e. The van der Waals surface area contributed by atoms with Gasteiger partial charge in [0.2, 0.25) is 0 Å². The molecule has 0 amide bonds. The van der Waals surface area contributed by atoms with Gasteiger partial charge in [-0.05, 0) is 73.5 Å². The highest BCUT2D eigenvalue weighted by molar-refractivity contribution is 5.74. The normalized spacial score (nSPS) is 41.7. The molecule has 7 atom stereocenters. The second-order valence-electron chi connectivity index (χ2n) is 10.8. The van der Waals surface area contributed by atoms with E-state index in [1.165, 1.54) is 18.9 Å². The van der Waals surface area contributed by atoms with Gasteiger partial charge in [-0.3, -0.25) is 9.59 Å². The molecular weight excluding hydrogens is 380 g/mol. The van der Waals surface area contributed by atoms with Crippen molar-refractivity contribution in [3.63, 3.8) is 0 Å². The van der Waals surface area contributed by atoms with Crippen molar-refractivity contribution >= 4 is 11.9 Å². The molecule has 2 fully saturated rings. The van der Waals surface area contributed by atoms with Gasteiger partial charge in [0.05, 0.1) is 5.92 Å². The number of ether oxygens (including phenoxy) is 2. The Labute approximate surface area is 181 Å². The van der Waals surface area contributed by atoms with E-state index in [1.807, 2.05) is 0 Å². The van der Waals surface area contributed by atoms with Gasteiger partial charge in [0.25, 0.3) is 0 Å². The molecule has 3 unspecified atom stereocenters. The lowest BCUT2D eigenvalue weighted by Gasteiger charge is -2.67. The SMILES string of the molecule is CC(=O)OCC(O)COC(=O)[C@H]1C(C)CC[C@]2(C)C3CCC=C(C)[C@]3(C)CC[C@]12C. The van der Waals surface area contributed by atoms with Crippen molar-refractivity contribution in [3.05, 3.63) is 11.6 Å². The van der Waals surface area contributed by atoms with E-state index in [2.05, 4.69) is 40.7 Å². The van der Waals surface area contributed by atoms with E-state index in [1.54, 1.807) is 0 Å². The molecule has 30 heavy (non-hydrogen) atoms. The van der Waals surface area contributed by atoms with E-state index >= 15 is 0 Å². The monoisotopic (exact) mass is 420 g/mol. The molecule has 0 aromatic carbocycles. The summed E-state index contributed by atoms with van der Waals surface area (Å²) >= 11 is 0. The summed E-state index contributed by atoms with van der Waals surface area (Å²) in [5.74, 6) is 0.000862. The Morgan fingerprint density at radius 2 is 1.77 bits per heavy atom. The third-order valence-corrected chi connectivity index (χ3v) is 9.34. The molecule has 0 aromatic heterocycles. The Bertz CT molecular complexity index is 714. The maximum atomic E-state index is 13.3. The van der Waals surface area contributed by atoms with E-state index in [0.29, 0.717) is 5.92 Å². The highest BCUT2D eigenvalue weighted by Gasteiger charge is 2.65. The molecule has 0 radical (unpaired) electrons. The second kappa shape index (κ2) is 8.29. The average molecular weight is 421 g/mol. The fourth-order valence-electron chi connectivity index (χ4n) is 7.20. The van der Waals surface area contributed by atoms with E-state index < -0.39 is 12.1 Å². The van der Waals surface area contributed by atoms with Crippen LogP contribution < -0.4 is 0 Å². The summed E-state index contributed by atoms with van der Waals surface area (Å²) in [7, 11) is 0. The Balaban J connectivity index is 1.80. The molecule has 0 aliphatic heterocycles. The van der Waals surface area contributed by atoms with Crippen LogP contribution in [0.5, 0.6) is 0 Å². The van der Waals surface area contributed by atoms with Gasteiger partial charge in [-0.1, -0.05) is 39.3 Å². The first-order chi connectivity index (χ1) is 14.0. The molecule has 170 valence electrons. The molecule has 2 saturated carbocycles. The van der Waals surface area contributed by atoms with Gasteiger partial charge in [-0.15, -0.1) is 0 Å². The lowest BCUT2D eigenvalue weighted by molar-refractivity contribution is -0.198. The van der Waals surface area contributed by atoms with Crippen LogP contribution in [0.3, 0.4) is 0 Å². The molecule has 0 saturated heterocycles. The fraction of sp³-hybridized carbons (Fsp3) is 0.840. The minimum atomic E-state index is -0.989. The summed E-state index contributed by atoms with van der Waals surface area (Å²) in [6.45, 7) is 12.7. The number of carbonyl (C=O) groups is 2. The molecular formula is C25H40O5. The van der Waals surface area contributed by atoms with Crippen LogP contribution in [0.25, 0.3) is 0 Å². The molecule has 0 aromatic rings. The molecule has 1 N–H and O–H groups in total. The first kappa shape index (κ1) is 23.3. The molecule has 0 spiro atoms. The standard InChI is InChI=1S/C25H40O5/c1-16-10-11-24(5)20-9-7-8-17(2)23(20,4)12-13-25(24,6)21(16)22(28)30-15-19(27)14-29-18(3)26/h8,16,19-21,27H,7,9-15H2,1-6H3/t16?,19?,20?,21-,23+,24-,25-/m1/s1. The van der Waals surface area contributed by atoms with Crippen molar-refractivity contribution in [2.45, 2.75) is 86.2 Å². The quantitative estimate of drug-likeness (QED) is 0.517. The van der Waals surface area contributed by atoms with Crippen LogP contribution >= 0.6 is 0 Å². The number of rotatable bonds is 5. The number of esters is 2. The highest BCUT2D eigenvalue weighted by Crippen LogP contribution is 2.71. The van der Waals surface area contributed by atoms with Gasteiger partial charge in [-0.2, -0.15) is 0 Å². The van der Waals surface area contributed by atoms with Crippen molar-refractivity contribution < 1.29 is 24.2 Å². The number of fused-ring (bicyclic) bond motifs is 3. The highest BCUT2D eigenvalue weighted by atomic mass is 16.6. The summed E-state index contributed by atoms with van der Waals surface area (Å²) < 4.78 is 10.4. The predicted molar refractivity (Wildman–Crippen MR) is 116 cm³/mol. The molecule has 3 aliphatic carbocycles. The largest absolute Gasteiger partial charge is 0.463 e. The number of allylic oxidation sites excluding steroid dienone is 2. The Kier molecular flexibility index (Phi) is 6.44. The van der Waals surface area contributed by atoms with E-state index in [-0.39, 0.29) is 47.3 Å². The Morgan fingerprint density at radius 1 is 1.10 bits per heavy atom. The topological polar surface area (TPSA) is 72.8 Å². The van der Waals surface area contributed by atoms with Crippen LogP contribution in [0.1, 0.15) is 80.1 Å². The van der Waals surface area contributed by atoms with Gasteiger partial charge >= 0.3 is 11.9 Å². The van der Waals surface area contributed by atoms with Crippen LogP contribution in [0.15, 0.2) is 11.6 Å². The summed E-state index contributed by atoms with van der Waals surface area (Å²) in [6, 6.07) is 0. The lowest BCUT2D eigenvalue weighted by Crippen LogP contribution is -2.62. The number of aliphatic hydroxyl groups excluding tert-OH is 1. The molecule has 5 heteroatoms. The van der Waals surface area contributed by atoms with Crippen LogP contribution in [0.2, 0.25) is 0 Å². The average Bonchev–Trinajstić information content (AvgIpc) is 2.68. The lowest BCUT2D eigenvalue weighted by atomic mass is 9.37. The van der Waals surface area contributed by atoms with E-state index in [4.69, 9.17) is 9.47 Å². The van der Waals surface area contributed by atoms with Gasteiger partial charge in [0.1, 0.15) is 19.3 Å². The molecule has 5 nitrogen and oxygen atoms in total. The van der Waals surface area contributed by atoms with Gasteiger partial charge < -0.3 is 14.6 Å². The van der Waals surface area contributed by atoms with Crippen molar-refractivity contribution in [2.75, 3.05) is 13.2 Å². The maximum absolute atomic E-state index is 13.3. The summed E-state index contributed by atoms with van der Waals surface area (Å²) in [6.07, 6.45) is 8.05. The third-order valence-electron chi connectivity index (χ3n) is 9.34. The number of hydrogen-bond donors (Lipinski definition) is 1. The maximum Gasteiger partial charge on any atom is 0.309 e. The smallest absolute Gasteiger partial charge is 0.309 e. The zero-order valence-corrected chi connectivity index (χ0v) is 19.6. The fourth-order valence-corrected chi connectivity index (χ4v) is 7.20. The zero-order valence-electron chi connectivity index (χ0n) is 19.6. The van der Waals surface area contributed by atoms with E-state index in [9.17, 15) is 14.7 Å². The molecule has 3 aliphatic rings. The van der Waals surface area contributed by atoms with Gasteiger partial charge in [0.15, 0.2) is 0 Å². The van der Waals surface area contributed by atoms with Gasteiger partial charge in [0, 0.05) is 6.92 Å². The first-order valence-corrected chi connectivity index (χ1v) is 11.6. The zero-order chi connectivity index (χ0) is 22.3. The summed E-state index contributed by atoms with van der Waals surface area (Å²) in [5.41, 5.74) is 1.71. The molecule has 3 rings (SSSR count). The molecule has 0 heterocycles. The number of carbonyl (C=O) groups excluding carboxylic acids is 2. The second-order valence-corrected chi connectivity index (χ2v) is 10.8. The molecule has 0 bridgehead atoms. The Hall–Kier alpha value is -1.36. The number of hydrogen-bond acceptors (Lipinski definition) is 5. The van der Waals surface area contributed by atoms with Crippen LogP contribution in [0, 0.1) is 34.0 Å². The van der Waals surface area contributed by atoms with E-state index in [0.717, 1.165) is 32.1 Å². The van der Waals surface area contributed by atoms with Gasteiger partial charge in [-0.25, -0.2) is 0 Å². The number of aliphatic hydroxyl groups is 1.